The van der Waals surface area contributed by atoms with Crippen molar-refractivity contribution < 1.29 is 9.53 Å². The van der Waals surface area contributed by atoms with Crippen LogP contribution >= 0.6 is 34.7 Å². The van der Waals surface area contributed by atoms with Crippen molar-refractivity contribution in [2.75, 3.05) is 17.7 Å². The van der Waals surface area contributed by atoms with E-state index in [0.717, 1.165) is 16.9 Å². The fourth-order valence-electron chi connectivity index (χ4n) is 3.84. The fraction of sp³-hybridized carbons (Fsp3) is 0.107. The van der Waals surface area contributed by atoms with Crippen molar-refractivity contribution in [2.45, 2.75) is 12.1 Å². The fourth-order valence-corrected chi connectivity index (χ4v) is 5.77. The van der Waals surface area contributed by atoms with Crippen LogP contribution in [-0.2, 0) is 4.79 Å². The quantitative estimate of drug-likeness (QED) is 0.169. The molecule has 2 aromatic heterocycles. The summed E-state index contributed by atoms with van der Waals surface area (Å²) in [4.78, 5) is 32.0. The van der Waals surface area contributed by atoms with Gasteiger partial charge in [-0.05, 0) is 61.0 Å². The highest BCUT2D eigenvalue weighted by molar-refractivity contribution is 7.99. The summed E-state index contributed by atoms with van der Waals surface area (Å²) in [6.07, 6.45) is 0. The number of hydrogen-bond acceptors (Lipinski definition) is 6. The summed E-state index contributed by atoms with van der Waals surface area (Å²) >= 11 is 8.69. The number of thiophene rings is 1. The minimum Gasteiger partial charge on any atom is -0.494 e. The van der Waals surface area contributed by atoms with Crippen LogP contribution in [0, 0.1) is 0 Å². The van der Waals surface area contributed by atoms with Gasteiger partial charge in [-0.2, -0.15) is 0 Å². The maximum Gasteiger partial charge on any atom is 0.268 e. The SMILES string of the molecule is CCOc1ccc(NC(=O)CSc2nc3scc(-c4ccc(Cl)cc4)c3c(=O)n2-c2ccccc2)cc1. The van der Waals surface area contributed by atoms with Gasteiger partial charge in [0.25, 0.3) is 5.56 Å². The van der Waals surface area contributed by atoms with Crippen LogP contribution in [0.5, 0.6) is 5.75 Å². The number of hydrogen-bond donors (Lipinski definition) is 1. The molecule has 3 aromatic carbocycles. The van der Waals surface area contributed by atoms with E-state index in [4.69, 9.17) is 21.3 Å². The third-order valence-corrected chi connectivity index (χ3v) is 7.59. The van der Waals surface area contributed by atoms with E-state index in [1.165, 1.54) is 23.1 Å². The van der Waals surface area contributed by atoms with Crippen LogP contribution in [-0.4, -0.2) is 27.8 Å². The molecular formula is C28H22ClN3O3S2. The number of rotatable bonds is 8. The van der Waals surface area contributed by atoms with Gasteiger partial charge in [-0.25, -0.2) is 4.98 Å². The molecule has 0 aliphatic rings. The molecule has 0 aliphatic heterocycles. The first kappa shape index (κ1) is 25.1. The first-order chi connectivity index (χ1) is 18.0. The van der Waals surface area contributed by atoms with Crippen molar-refractivity contribution in [3.05, 3.63) is 99.6 Å². The molecule has 0 unspecified atom stereocenters. The minimum absolute atomic E-state index is 0.0907. The Labute approximate surface area is 226 Å². The molecule has 6 nitrogen and oxygen atoms in total. The second-order valence-corrected chi connectivity index (χ2v) is 10.2. The van der Waals surface area contributed by atoms with Gasteiger partial charge >= 0.3 is 0 Å². The number of benzene rings is 3. The van der Waals surface area contributed by atoms with Crippen LogP contribution in [0.2, 0.25) is 5.02 Å². The summed E-state index contributed by atoms with van der Waals surface area (Å²) in [6.45, 7) is 2.50. The Morgan fingerprint density at radius 3 is 2.49 bits per heavy atom. The number of aromatic nitrogens is 2. The van der Waals surface area contributed by atoms with E-state index in [9.17, 15) is 9.59 Å². The number of ether oxygens (including phenoxy) is 1. The maximum atomic E-state index is 13.9. The van der Waals surface area contributed by atoms with Crippen LogP contribution in [0.3, 0.4) is 0 Å². The van der Waals surface area contributed by atoms with Crippen LogP contribution < -0.4 is 15.6 Å². The van der Waals surface area contributed by atoms with E-state index >= 15 is 0 Å². The molecular weight excluding hydrogens is 526 g/mol. The Kier molecular flexibility index (Phi) is 7.60. The van der Waals surface area contributed by atoms with Crippen molar-refractivity contribution in [3.8, 4) is 22.6 Å². The lowest BCUT2D eigenvalue weighted by molar-refractivity contribution is -0.113. The summed E-state index contributed by atoms with van der Waals surface area (Å²) in [7, 11) is 0. The topological polar surface area (TPSA) is 73.2 Å². The summed E-state index contributed by atoms with van der Waals surface area (Å²) in [5.74, 6) is 0.636. The number of anilines is 1. The highest BCUT2D eigenvalue weighted by atomic mass is 35.5. The van der Waals surface area contributed by atoms with Crippen LogP contribution in [0.4, 0.5) is 5.69 Å². The Hall–Kier alpha value is -3.59. The van der Waals surface area contributed by atoms with Gasteiger partial charge < -0.3 is 10.1 Å². The number of halogens is 1. The van der Waals surface area contributed by atoms with Crippen LogP contribution in [0.15, 0.2) is 94.2 Å². The van der Waals surface area contributed by atoms with Gasteiger partial charge in [-0.1, -0.05) is 53.7 Å². The molecule has 1 N–H and O–H groups in total. The zero-order valence-electron chi connectivity index (χ0n) is 19.8. The molecule has 0 saturated carbocycles. The molecule has 5 aromatic rings. The van der Waals surface area contributed by atoms with E-state index < -0.39 is 0 Å². The lowest BCUT2D eigenvalue weighted by Crippen LogP contribution is -2.22. The van der Waals surface area contributed by atoms with Crippen LogP contribution in [0.25, 0.3) is 27.0 Å². The minimum atomic E-state index is -0.198. The zero-order chi connectivity index (χ0) is 25.8. The maximum absolute atomic E-state index is 13.9. The number of carbonyl (C=O) groups is 1. The molecule has 2 heterocycles. The van der Waals surface area contributed by atoms with Crippen molar-refractivity contribution in [3.63, 3.8) is 0 Å². The standard InChI is InChI=1S/C28H22ClN3O3S2/c1-2-35-22-14-12-20(13-15-22)30-24(33)17-37-28-31-26-25(27(34)32(28)21-6-4-3-5-7-21)23(16-36-26)18-8-10-19(29)11-9-18/h3-16H,2,17H2,1H3,(H,30,33). The van der Waals surface area contributed by atoms with Crippen molar-refractivity contribution >= 4 is 56.5 Å². The van der Waals surface area contributed by atoms with E-state index in [1.54, 1.807) is 28.8 Å². The normalized spacial score (nSPS) is 11.0. The number of nitrogens with zero attached hydrogens (tertiary/aromatic N) is 2. The molecule has 0 aliphatic carbocycles. The molecule has 1 amide bonds. The summed E-state index contributed by atoms with van der Waals surface area (Å²) in [6, 6.07) is 23.9. The van der Waals surface area contributed by atoms with Gasteiger partial charge in [0.1, 0.15) is 10.6 Å². The zero-order valence-corrected chi connectivity index (χ0v) is 22.2. The molecule has 0 atom stereocenters. The van der Waals surface area contributed by atoms with E-state index in [-0.39, 0.29) is 17.2 Å². The highest BCUT2D eigenvalue weighted by Gasteiger charge is 2.19. The molecule has 0 saturated heterocycles. The van der Waals surface area contributed by atoms with E-state index in [0.29, 0.717) is 38.4 Å². The predicted octanol–water partition coefficient (Wildman–Crippen LogP) is 6.90. The van der Waals surface area contributed by atoms with Crippen molar-refractivity contribution in [2.24, 2.45) is 0 Å². The molecule has 0 radical (unpaired) electrons. The number of thioether (sulfide) groups is 1. The summed E-state index contributed by atoms with van der Waals surface area (Å²) < 4.78 is 7.02. The second-order valence-electron chi connectivity index (χ2n) is 8.00. The van der Waals surface area contributed by atoms with Crippen LogP contribution in [0.1, 0.15) is 6.92 Å². The second kappa shape index (κ2) is 11.2. The lowest BCUT2D eigenvalue weighted by atomic mass is 10.1. The van der Waals surface area contributed by atoms with E-state index in [1.807, 2.05) is 66.9 Å². The molecule has 9 heteroatoms. The molecule has 37 heavy (non-hydrogen) atoms. The third kappa shape index (κ3) is 5.56. The van der Waals surface area contributed by atoms with E-state index in [2.05, 4.69) is 5.32 Å². The molecule has 0 bridgehead atoms. The molecule has 0 spiro atoms. The average Bonchev–Trinajstić information content (AvgIpc) is 3.34. The third-order valence-electron chi connectivity index (χ3n) is 5.53. The first-order valence-corrected chi connectivity index (χ1v) is 13.8. The molecule has 186 valence electrons. The average molecular weight is 548 g/mol. The lowest BCUT2D eigenvalue weighted by Gasteiger charge is -2.13. The summed E-state index contributed by atoms with van der Waals surface area (Å²) in [5.41, 5.74) is 2.87. The number of para-hydroxylation sites is 1. The van der Waals surface area contributed by atoms with Gasteiger partial charge in [-0.15, -0.1) is 11.3 Å². The number of nitrogens with one attached hydrogen (secondary N) is 1. The Bertz CT molecular complexity index is 1600. The van der Waals surface area contributed by atoms with Gasteiger partial charge in [-0.3, -0.25) is 14.2 Å². The Morgan fingerprint density at radius 1 is 1.05 bits per heavy atom. The Morgan fingerprint density at radius 2 is 1.78 bits per heavy atom. The Balaban J connectivity index is 1.47. The van der Waals surface area contributed by atoms with Gasteiger partial charge in [0, 0.05) is 21.7 Å². The summed E-state index contributed by atoms with van der Waals surface area (Å²) in [5, 5.41) is 6.44. The molecule has 5 rings (SSSR count). The number of fused-ring (bicyclic) bond motifs is 1. The van der Waals surface area contributed by atoms with Crippen molar-refractivity contribution in [1.29, 1.82) is 0 Å². The van der Waals surface area contributed by atoms with Gasteiger partial charge in [0.2, 0.25) is 5.91 Å². The number of amides is 1. The molecule has 0 fully saturated rings. The smallest absolute Gasteiger partial charge is 0.268 e. The monoisotopic (exact) mass is 547 g/mol. The van der Waals surface area contributed by atoms with Gasteiger partial charge in [0.15, 0.2) is 5.16 Å². The largest absolute Gasteiger partial charge is 0.494 e. The highest BCUT2D eigenvalue weighted by Crippen LogP contribution is 2.33. The van der Waals surface area contributed by atoms with Gasteiger partial charge in [0.05, 0.1) is 23.4 Å². The predicted molar refractivity (Wildman–Crippen MR) is 153 cm³/mol. The first-order valence-electron chi connectivity index (χ1n) is 11.5. The van der Waals surface area contributed by atoms with Crippen molar-refractivity contribution in [1.82, 2.24) is 9.55 Å². The number of carbonyl (C=O) groups excluding carboxylic acids is 1.